The van der Waals surface area contributed by atoms with Gasteiger partial charge >= 0.3 is 0 Å². The minimum Gasteiger partial charge on any atom is -0.357 e. The molecule has 0 radical (unpaired) electrons. The van der Waals surface area contributed by atoms with E-state index >= 15 is 0 Å². The molecule has 0 spiro atoms. The first kappa shape index (κ1) is 28.2. The molecule has 2 amide bonds. The minimum absolute atomic E-state index is 0.0782. The summed E-state index contributed by atoms with van der Waals surface area (Å²) in [5.74, 6) is -0.872. The van der Waals surface area contributed by atoms with Crippen molar-refractivity contribution in [1.29, 1.82) is 0 Å². The lowest BCUT2D eigenvalue weighted by Gasteiger charge is -2.32. The molecule has 0 aliphatic rings. The van der Waals surface area contributed by atoms with Gasteiger partial charge in [0.1, 0.15) is 12.6 Å². The van der Waals surface area contributed by atoms with Gasteiger partial charge in [-0.1, -0.05) is 59.1 Å². The van der Waals surface area contributed by atoms with E-state index in [2.05, 4.69) is 5.32 Å². The summed E-state index contributed by atoms with van der Waals surface area (Å²) < 4.78 is 28.8. The fraction of sp³-hybridized carbons (Fsp3) is 0.286. The number of rotatable bonds is 9. The van der Waals surface area contributed by atoms with Crippen molar-refractivity contribution in [2.75, 3.05) is 17.9 Å². The van der Waals surface area contributed by atoms with Gasteiger partial charge in [-0.2, -0.15) is 0 Å². The van der Waals surface area contributed by atoms with Crippen molar-refractivity contribution in [2.45, 2.75) is 45.2 Å². The van der Waals surface area contributed by atoms with Crippen LogP contribution in [-0.2, 0) is 26.2 Å². The molecule has 3 aromatic carbocycles. The van der Waals surface area contributed by atoms with Crippen LogP contribution in [0.5, 0.6) is 0 Å². The zero-order chi connectivity index (χ0) is 27.3. The lowest BCUT2D eigenvalue weighted by Crippen LogP contribution is -2.50. The van der Waals surface area contributed by atoms with Crippen molar-refractivity contribution in [3.8, 4) is 0 Å². The Hall–Kier alpha value is -3.36. The SMILES string of the molecule is CNC(=O)C(C)N(Cc1ccc(Cl)cc1)C(=O)CN(c1ccc(C)cc1C)S(=O)(=O)c1ccc(C)cc1. The van der Waals surface area contributed by atoms with Crippen molar-refractivity contribution >= 4 is 39.1 Å². The molecule has 0 fully saturated rings. The third-order valence-corrected chi connectivity index (χ3v) is 8.21. The summed E-state index contributed by atoms with van der Waals surface area (Å²) in [6.45, 7) is 6.84. The molecule has 0 saturated heterocycles. The number of nitrogens with one attached hydrogen (secondary N) is 1. The predicted molar refractivity (Wildman–Crippen MR) is 147 cm³/mol. The Morgan fingerprint density at radius 1 is 0.919 bits per heavy atom. The second-order valence-corrected chi connectivity index (χ2v) is 11.4. The Morgan fingerprint density at radius 2 is 1.51 bits per heavy atom. The van der Waals surface area contributed by atoms with E-state index in [1.165, 1.54) is 24.1 Å². The number of anilines is 1. The molecule has 0 bridgehead atoms. The highest BCUT2D eigenvalue weighted by atomic mass is 35.5. The minimum atomic E-state index is -4.10. The highest BCUT2D eigenvalue weighted by Crippen LogP contribution is 2.28. The number of sulfonamides is 1. The van der Waals surface area contributed by atoms with Gasteiger partial charge in [0.2, 0.25) is 11.8 Å². The molecule has 0 aromatic heterocycles. The van der Waals surface area contributed by atoms with Gasteiger partial charge in [-0.25, -0.2) is 8.42 Å². The van der Waals surface area contributed by atoms with E-state index in [9.17, 15) is 18.0 Å². The topological polar surface area (TPSA) is 86.8 Å². The van der Waals surface area contributed by atoms with Gasteiger partial charge in [0.25, 0.3) is 10.0 Å². The van der Waals surface area contributed by atoms with Gasteiger partial charge in [0.05, 0.1) is 10.6 Å². The van der Waals surface area contributed by atoms with Crippen LogP contribution in [-0.4, -0.2) is 44.8 Å². The van der Waals surface area contributed by atoms with Crippen LogP contribution >= 0.6 is 11.6 Å². The first-order valence-corrected chi connectivity index (χ1v) is 13.7. The maximum Gasteiger partial charge on any atom is 0.264 e. The number of hydrogen-bond donors (Lipinski definition) is 1. The number of hydrogen-bond acceptors (Lipinski definition) is 4. The third kappa shape index (κ3) is 6.70. The number of carbonyl (C=O) groups is 2. The molecule has 1 unspecified atom stereocenters. The van der Waals surface area contributed by atoms with Gasteiger partial charge < -0.3 is 10.2 Å². The van der Waals surface area contributed by atoms with Crippen LogP contribution in [0.4, 0.5) is 5.69 Å². The molecule has 9 heteroatoms. The number of carbonyl (C=O) groups excluding carboxylic acids is 2. The van der Waals surface area contributed by atoms with E-state index in [-0.39, 0.29) is 17.3 Å². The van der Waals surface area contributed by atoms with Gasteiger partial charge in [0, 0.05) is 18.6 Å². The molecule has 7 nitrogen and oxygen atoms in total. The van der Waals surface area contributed by atoms with Crippen LogP contribution in [0.3, 0.4) is 0 Å². The Kier molecular flexibility index (Phi) is 8.99. The highest BCUT2D eigenvalue weighted by Gasteiger charge is 2.32. The first-order valence-electron chi connectivity index (χ1n) is 11.9. The number of aryl methyl sites for hydroxylation is 3. The highest BCUT2D eigenvalue weighted by molar-refractivity contribution is 7.92. The molecule has 0 aliphatic carbocycles. The molecule has 3 rings (SSSR count). The van der Waals surface area contributed by atoms with Crippen LogP contribution in [0, 0.1) is 20.8 Å². The summed E-state index contributed by atoms with van der Waals surface area (Å²) in [4.78, 5) is 27.8. The molecule has 1 atom stereocenters. The Labute approximate surface area is 224 Å². The van der Waals surface area contributed by atoms with Crippen molar-refractivity contribution in [2.24, 2.45) is 0 Å². The monoisotopic (exact) mass is 541 g/mol. The van der Waals surface area contributed by atoms with Gasteiger partial charge in [-0.05, 0) is 69.2 Å². The summed E-state index contributed by atoms with van der Waals surface area (Å²) in [5, 5.41) is 3.12. The summed E-state index contributed by atoms with van der Waals surface area (Å²) in [6, 6.07) is 18.0. The van der Waals surface area contributed by atoms with Crippen LogP contribution in [0.2, 0.25) is 5.02 Å². The van der Waals surface area contributed by atoms with Crippen LogP contribution < -0.4 is 9.62 Å². The molecule has 0 saturated carbocycles. The second-order valence-electron chi connectivity index (χ2n) is 9.05. The third-order valence-electron chi connectivity index (χ3n) is 6.19. The zero-order valence-corrected chi connectivity index (χ0v) is 23.2. The average molecular weight is 542 g/mol. The van der Waals surface area contributed by atoms with E-state index in [1.807, 2.05) is 32.9 Å². The molecular weight excluding hydrogens is 510 g/mol. The maximum absolute atomic E-state index is 13.9. The first-order chi connectivity index (χ1) is 17.4. The van der Waals surface area contributed by atoms with E-state index < -0.39 is 28.5 Å². The molecule has 1 N–H and O–H groups in total. The lowest BCUT2D eigenvalue weighted by atomic mass is 10.1. The van der Waals surface area contributed by atoms with E-state index in [0.717, 1.165) is 21.0 Å². The van der Waals surface area contributed by atoms with Crippen LogP contribution in [0.1, 0.15) is 29.2 Å². The van der Waals surface area contributed by atoms with Gasteiger partial charge in [-0.15, -0.1) is 0 Å². The van der Waals surface area contributed by atoms with E-state index in [4.69, 9.17) is 11.6 Å². The molecule has 0 aliphatic heterocycles. The fourth-order valence-corrected chi connectivity index (χ4v) is 5.62. The number of nitrogens with zero attached hydrogens (tertiary/aromatic N) is 2. The molecular formula is C28H32ClN3O4S. The van der Waals surface area contributed by atoms with Crippen molar-refractivity contribution < 1.29 is 18.0 Å². The van der Waals surface area contributed by atoms with E-state index in [0.29, 0.717) is 16.3 Å². The molecule has 3 aromatic rings. The predicted octanol–water partition coefficient (Wildman–Crippen LogP) is 4.62. The Bertz CT molecular complexity index is 1370. The lowest BCUT2D eigenvalue weighted by molar-refractivity contribution is -0.139. The van der Waals surface area contributed by atoms with Gasteiger partial charge in [0.15, 0.2) is 0 Å². The number of amides is 2. The van der Waals surface area contributed by atoms with Crippen molar-refractivity contribution in [3.05, 3.63) is 94.0 Å². The quantitative estimate of drug-likeness (QED) is 0.428. The number of halogens is 1. The number of likely N-dealkylation sites (N-methyl/N-ethyl adjacent to an activating group) is 1. The Balaban J connectivity index is 2.06. The van der Waals surface area contributed by atoms with Crippen LogP contribution in [0.15, 0.2) is 71.6 Å². The van der Waals surface area contributed by atoms with Crippen molar-refractivity contribution in [3.63, 3.8) is 0 Å². The summed E-state index contributed by atoms with van der Waals surface area (Å²) >= 11 is 6.01. The zero-order valence-electron chi connectivity index (χ0n) is 21.7. The second kappa shape index (κ2) is 11.8. The fourth-order valence-electron chi connectivity index (χ4n) is 4.01. The molecule has 37 heavy (non-hydrogen) atoms. The molecule has 196 valence electrons. The standard InChI is InChI=1S/C28H32ClN3O4S/c1-19-6-13-25(14-7-19)37(35,36)32(26-15-8-20(2)16-21(26)3)18-27(33)31(22(4)28(34)30-5)17-23-9-11-24(29)12-10-23/h6-16,22H,17-18H2,1-5H3,(H,30,34). The average Bonchev–Trinajstić information content (AvgIpc) is 2.86. The van der Waals surface area contributed by atoms with Crippen LogP contribution in [0.25, 0.3) is 0 Å². The van der Waals surface area contributed by atoms with Gasteiger partial charge in [-0.3, -0.25) is 13.9 Å². The Morgan fingerprint density at radius 3 is 2.08 bits per heavy atom. The summed E-state index contributed by atoms with van der Waals surface area (Å²) in [5.41, 5.74) is 3.76. The largest absolute Gasteiger partial charge is 0.357 e. The van der Waals surface area contributed by atoms with E-state index in [1.54, 1.807) is 49.4 Å². The normalized spacial score (nSPS) is 12.1. The smallest absolute Gasteiger partial charge is 0.264 e. The number of benzene rings is 3. The summed E-state index contributed by atoms with van der Waals surface area (Å²) in [6.07, 6.45) is 0. The summed E-state index contributed by atoms with van der Waals surface area (Å²) in [7, 11) is -2.60. The molecule has 0 heterocycles. The van der Waals surface area contributed by atoms with Crippen molar-refractivity contribution in [1.82, 2.24) is 10.2 Å². The maximum atomic E-state index is 13.9.